The van der Waals surface area contributed by atoms with Crippen molar-refractivity contribution in [3.05, 3.63) is 5.89 Å². The van der Waals surface area contributed by atoms with Gasteiger partial charge < -0.3 is 15.2 Å². The van der Waals surface area contributed by atoms with Crippen LogP contribution < -0.4 is 10.6 Å². The van der Waals surface area contributed by atoms with Gasteiger partial charge in [-0.3, -0.25) is 0 Å². The van der Waals surface area contributed by atoms with Crippen molar-refractivity contribution in [2.75, 3.05) is 11.4 Å². The van der Waals surface area contributed by atoms with Gasteiger partial charge in [0.15, 0.2) is 0 Å². The summed E-state index contributed by atoms with van der Waals surface area (Å²) in [6.45, 7) is 2.71. The van der Waals surface area contributed by atoms with Gasteiger partial charge >= 0.3 is 0 Å². The van der Waals surface area contributed by atoms with E-state index in [9.17, 15) is 0 Å². The van der Waals surface area contributed by atoms with E-state index >= 15 is 0 Å². The van der Waals surface area contributed by atoms with Gasteiger partial charge in [-0.1, -0.05) is 0 Å². The summed E-state index contributed by atoms with van der Waals surface area (Å²) in [4.78, 5) is 6.15. The van der Waals surface area contributed by atoms with Gasteiger partial charge in [0.2, 0.25) is 5.89 Å². The standard InChI is InChI=1S/C8H14N4O/c1-6-10-8(11-13-6)12-5-3-2-4-7(12)9/h7H,2-5,9H2,1H3. The van der Waals surface area contributed by atoms with E-state index in [1.807, 2.05) is 4.90 Å². The predicted octanol–water partition coefficient (Wildman–Crippen LogP) is 0.653. The zero-order valence-electron chi connectivity index (χ0n) is 7.73. The lowest BCUT2D eigenvalue weighted by Gasteiger charge is -2.31. The monoisotopic (exact) mass is 182 g/mol. The fraction of sp³-hybridized carbons (Fsp3) is 0.750. The Morgan fingerprint density at radius 1 is 1.54 bits per heavy atom. The van der Waals surface area contributed by atoms with E-state index in [2.05, 4.69) is 10.1 Å². The first-order valence-electron chi connectivity index (χ1n) is 4.60. The molecule has 0 saturated carbocycles. The van der Waals surface area contributed by atoms with Crippen molar-refractivity contribution >= 4 is 5.95 Å². The van der Waals surface area contributed by atoms with Crippen LogP contribution in [0.1, 0.15) is 25.2 Å². The number of anilines is 1. The average Bonchev–Trinajstić information content (AvgIpc) is 2.53. The topological polar surface area (TPSA) is 68.2 Å². The minimum Gasteiger partial charge on any atom is -0.338 e. The highest BCUT2D eigenvalue weighted by Crippen LogP contribution is 2.18. The molecule has 1 unspecified atom stereocenters. The third kappa shape index (κ3) is 1.65. The van der Waals surface area contributed by atoms with Gasteiger partial charge in [0.05, 0.1) is 6.17 Å². The summed E-state index contributed by atoms with van der Waals surface area (Å²) in [5.41, 5.74) is 5.92. The predicted molar refractivity (Wildman–Crippen MR) is 48.2 cm³/mol. The first-order valence-corrected chi connectivity index (χ1v) is 4.60. The summed E-state index contributed by atoms with van der Waals surface area (Å²) in [5, 5.41) is 3.85. The van der Waals surface area contributed by atoms with Crippen LogP contribution in [0.15, 0.2) is 4.52 Å². The molecule has 1 aliphatic rings. The van der Waals surface area contributed by atoms with Crippen LogP contribution in [0.3, 0.4) is 0 Å². The van der Waals surface area contributed by atoms with Crippen molar-refractivity contribution in [2.45, 2.75) is 32.4 Å². The zero-order chi connectivity index (χ0) is 9.26. The number of nitrogens with zero attached hydrogens (tertiary/aromatic N) is 3. The van der Waals surface area contributed by atoms with Crippen molar-refractivity contribution in [1.29, 1.82) is 0 Å². The first-order chi connectivity index (χ1) is 6.27. The lowest BCUT2D eigenvalue weighted by atomic mass is 10.1. The molecule has 0 spiro atoms. The minimum absolute atomic E-state index is 0.0470. The Morgan fingerprint density at radius 3 is 3.00 bits per heavy atom. The maximum Gasteiger partial charge on any atom is 0.267 e. The van der Waals surface area contributed by atoms with Gasteiger partial charge in [-0.15, -0.1) is 0 Å². The quantitative estimate of drug-likeness (QED) is 0.690. The molecule has 72 valence electrons. The molecule has 0 bridgehead atoms. The highest BCUT2D eigenvalue weighted by atomic mass is 16.5. The second kappa shape index (κ2) is 3.33. The third-order valence-corrected chi connectivity index (χ3v) is 2.32. The second-order valence-electron chi connectivity index (χ2n) is 3.37. The molecule has 1 aromatic rings. The molecule has 1 atom stereocenters. The van der Waals surface area contributed by atoms with Crippen molar-refractivity contribution in [2.24, 2.45) is 5.73 Å². The minimum atomic E-state index is 0.0470. The molecule has 0 aromatic carbocycles. The number of nitrogens with two attached hydrogens (primary N) is 1. The van der Waals surface area contributed by atoms with Gasteiger partial charge in [-0.25, -0.2) is 0 Å². The van der Waals surface area contributed by atoms with Crippen LogP contribution in [0, 0.1) is 6.92 Å². The lowest BCUT2D eigenvalue weighted by Crippen LogP contribution is -2.46. The number of rotatable bonds is 1. The molecule has 2 N–H and O–H groups in total. The Labute approximate surface area is 76.9 Å². The number of hydrogen-bond acceptors (Lipinski definition) is 5. The number of aryl methyl sites for hydroxylation is 1. The van der Waals surface area contributed by atoms with E-state index in [1.165, 1.54) is 6.42 Å². The third-order valence-electron chi connectivity index (χ3n) is 2.32. The van der Waals surface area contributed by atoms with Crippen LogP contribution in [-0.4, -0.2) is 22.9 Å². The Hall–Kier alpha value is -1.10. The number of hydrogen-bond donors (Lipinski definition) is 1. The molecule has 1 aliphatic heterocycles. The molecule has 2 heterocycles. The molecule has 0 amide bonds. The Bertz CT molecular complexity index is 285. The summed E-state index contributed by atoms with van der Waals surface area (Å²) in [7, 11) is 0. The van der Waals surface area contributed by atoms with E-state index in [0.29, 0.717) is 11.8 Å². The SMILES string of the molecule is Cc1nc(N2CCCCC2N)no1. The van der Waals surface area contributed by atoms with E-state index in [1.54, 1.807) is 6.92 Å². The maximum absolute atomic E-state index is 5.92. The molecule has 0 radical (unpaired) electrons. The van der Waals surface area contributed by atoms with E-state index < -0.39 is 0 Å². The van der Waals surface area contributed by atoms with E-state index in [4.69, 9.17) is 10.3 Å². The maximum atomic E-state index is 5.92. The summed E-state index contributed by atoms with van der Waals surface area (Å²) >= 11 is 0. The highest BCUT2D eigenvalue weighted by Gasteiger charge is 2.22. The fourth-order valence-corrected chi connectivity index (χ4v) is 1.61. The molecule has 1 aromatic heterocycles. The molecule has 5 heteroatoms. The molecular formula is C8H14N4O. The molecule has 1 saturated heterocycles. The van der Waals surface area contributed by atoms with E-state index in [-0.39, 0.29) is 6.17 Å². The van der Waals surface area contributed by atoms with Crippen molar-refractivity contribution in [3.63, 3.8) is 0 Å². The normalized spacial score (nSPS) is 23.5. The fourth-order valence-electron chi connectivity index (χ4n) is 1.61. The smallest absolute Gasteiger partial charge is 0.267 e. The summed E-state index contributed by atoms with van der Waals surface area (Å²) in [6, 6.07) is 0. The summed E-state index contributed by atoms with van der Waals surface area (Å²) in [5.74, 6) is 1.22. The van der Waals surface area contributed by atoms with Crippen molar-refractivity contribution < 1.29 is 4.52 Å². The van der Waals surface area contributed by atoms with Gasteiger partial charge in [-0.05, 0) is 24.4 Å². The van der Waals surface area contributed by atoms with Crippen molar-refractivity contribution in [3.8, 4) is 0 Å². The van der Waals surface area contributed by atoms with Crippen molar-refractivity contribution in [1.82, 2.24) is 10.1 Å². The van der Waals surface area contributed by atoms with Gasteiger partial charge in [0, 0.05) is 13.5 Å². The van der Waals surface area contributed by atoms with Crippen LogP contribution in [0.2, 0.25) is 0 Å². The largest absolute Gasteiger partial charge is 0.338 e. The molecule has 0 aliphatic carbocycles. The summed E-state index contributed by atoms with van der Waals surface area (Å²) in [6.07, 6.45) is 3.40. The Kier molecular flexibility index (Phi) is 2.18. The lowest BCUT2D eigenvalue weighted by molar-refractivity contribution is 0.385. The van der Waals surface area contributed by atoms with Crippen LogP contribution in [0.4, 0.5) is 5.95 Å². The Balaban J connectivity index is 2.14. The highest BCUT2D eigenvalue weighted by molar-refractivity contribution is 5.29. The van der Waals surface area contributed by atoms with Gasteiger partial charge in [0.1, 0.15) is 0 Å². The molecule has 2 rings (SSSR count). The van der Waals surface area contributed by atoms with Crippen LogP contribution in [0.25, 0.3) is 0 Å². The zero-order valence-corrected chi connectivity index (χ0v) is 7.73. The second-order valence-corrected chi connectivity index (χ2v) is 3.37. The van der Waals surface area contributed by atoms with E-state index in [0.717, 1.165) is 19.4 Å². The van der Waals surface area contributed by atoms with Gasteiger partial charge in [0.25, 0.3) is 5.95 Å². The van der Waals surface area contributed by atoms with Gasteiger partial charge in [-0.2, -0.15) is 4.98 Å². The molecule has 1 fully saturated rings. The first kappa shape index (κ1) is 8.50. The van der Waals surface area contributed by atoms with Crippen LogP contribution in [-0.2, 0) is 0 Å². The van der Waals surface area contributed by atoms with Crippen LogP contribution >= 0.6 is 0 Å². The molecule has 13 heavy (non-hydrogen) atoms. The molecule has 5 nitrogen and oxygen atoms in total. The average molecular weight is 182 g/mol. The summed E-state index contributed by atoms with van der Waals surface area (Å²) < 4.78 is 4.91. The number of piperidine rings is 1. The number of aromatic nitrogens is 2. The Morgan fingerprint density at radius 2 is 2.38 bits per heavy atom. The van der Waals surface area contributed by atoms with Crippen LogP contribution in [0.5, 0.6) is 0 Å². The molecular weight excluding hydrogens is 168 g/mol.